The molecule has 1 aromatic carbocycles. The number of nitrogens with zero attached hydrogens (tertiary/aromatic N) is 2. The first kappa shape index (κ1) is 25.0. The number of nitrogens with one attached hydrogen (secondary N) is 3. The standard InChI is InChI=1S/C28H44FN5O/c1-20-12-13-23(29)22-19-24(30-26(20)22)27(35)32-28(21-9-6-4-3-5-7-10-21)14-8-11-25(31-28)34-17-15-33(2)16-18-34/h12-13,21,24-25,30-31H,3-11,14-19H2,1-2H3,(H,32,35). The molecule has 2 saturated heterocycles. The maximum atomic E-state index is 14.5. The molecule has 3 unspecified atom stereocenters. The van der Waals surface area contributed by atoms with E-state index in [1.807, 2.05) is 6.92 Å². The van der Waals surface area contributed by atoms with E-state index in [0.29, 0.717) is 24.1 Å². The zero-order valence-corrected chi connectivity index (χ0v) is 21.7. The second-order valence-corrected chi connectivity index (χ2v) is 11.5. The van der Waals surface area contributed by atoms with Gasteiger partial charge in [-0.25, -0.2) is 4.39 Å². The van der Waals surface area contributed by atoms with Gasteiger partial charge in [0.25, 0.3) is 0 Å². The van der Waals surface area contributed by atoms with Gasteiger partial charge in [0.15, 0.2) is 0 Å². The highest BCUT2D eigenvalue weighted by Crippen LogP contribution is 2.38. The number of hydrogen-bond donors (Lipinski definition) is 3. The van der Waals surface area contributed by atoms with Crippen molar-refractivity contribution in [2.75, 3.05) is 38.5 Å². The van der Waals surface area contributed by atoms with Crippen molar-refractivity contribution in [3.8, 4) is 0 Å². The SMILES string of the molecule is Cc1ccc(F)c2c1NC(C(=O)NC1(C3CCCCCCC3)CCCC(N3CCN(C)CC3)N1)C2. The topological polar surface area (TPSA) is 59.6 Å². The van der Waals surface area contributed by atoms with Crippen LogP contribution in [0, 0.1) is 18.7 Å². The molecule has 3 heterocycles. The van der Waals surface area contributed by atoms with Crippen molar-refractivity contribution >= 4 is 11.6 Å². The molecule has 0 bridgehead atoms. The predicted octanol–water partition coefficient (Wildman–Crippen LogP) is 3.99. The Morgan fingerprint density at radius 2 is 1.74 bits per heavy atom. The zero-order chi connectivity index (χ0) is 24.4. The van der Waals surface area contributed by atoms with Gasteiger partial charge in [-0.2, -0.15) is 0 Å². The van der Waals surface area contributed by atoms with Crippen molar-refractivity contribution in [3.63, 3.8) is 0 Å². The van der Waals surface area contributed by atoms with Crippen LogP contribution < -0.4 is 16.0 Å². The third-order valence-corrected chi connectivity index (χ3v) is 9.11. The molecule has 194 valence electrons. The van der Waals surface area contributed by atoms with Crippen LogP contribution in [0.5, 0.6) is 0 Å². The highest BCUT2D eigenvalue weighted by atomic mass is 19.1. The summed E-state index contributed by atoms with van der Waals surface area (Å²) in [5, 5.41) is 11.0. The van der Waals surface area contributed by atoms with E-state index in [1.54, 1.807) is 6.07 Å². The summed E-state index contributed by atoms with van der Waals surface area (Å²) in [5.41, 5.74) is 2.07. The smallest absolute Gasteiger partial charge is 0.244 e. The summed E-state index contributed by atoms with van der Waals surface area (Å²) >= 11 is 0. The molecule has 1 aliphatic carbocycles. The fourth-order valence-corrected chi connectivity index (χ4v) is 6.93. The Hall–Kier alpha value is -1.70. The number of anilines is 1. The largest absolute Gasteiger partial charge is 0.373 e. The highest BCUT2D eigenvalue weighted by Gasteiger charge is 2.46. The van der Waals surface area contributed by atoms with Crippen molar-refractivity contribution in [1.82, 2.24) is 20.4 Å². The van der Waals surface area contributed by atoms with Gasteiger partial charge in [-0.3, -0.25) is 15.0 Å². The summed E-state index contributed by atoms with van der Waals surface area (Å²) in [6.45, 7) is 6.30. The number of piperazine rings is 1. The molecule has 0 radical (unpaired) electrons. The summed E-state index contributed by atoms with van der Waals surface area (Å²) in [5.74, 6) is 0.229. The van der Waals surface area contributed by atoms with E-state index in [2.05, 4.69) is 32.8 Å². The summed E-state index contributed by atoms with van der Waals surface area (Å²) in [4.78, 5) is 18.8. The second kappa shape index (κ2) is 10.7. The van der Waals surface area contributed by atoms with Crippen LogP contribution in [-0.2, 0) is 11.2 Å². The molecule has 1 aromatic rings. The van der Waals surface area contributed by atoms with Crippen molar-refractivity contribution in [1.29, 1.82) is 0 Å². The molecule has 0 spiro atoms. The molecule has 3 fully saturated rings. The summed E-state index contributed by atoms with van der Waals surface area (Å²) in [6, 6.07) is 2.90. The van der Waals surface area contributed by atoms with Gasteiger partial charge in [0.2, 0.25) is 5.91 Å². The van der Waals surface area contributed by atoms with E-state index in [1.165, 1.54) is 38.2 Å². The number of aryl methyl sites for hydroxylation is 1. The number of carbonyl (C=O) groups is 1. The van der Waals surface area contributed by atoms with E-state index >= 15 is 0 Å². The third kappa shape index (κ3) is 5.37. The molecule has 1 saturated carbocycles. The number of carbonyl (C=O) groups excluding carboxylic acids is 1. The van der Waals surface area contributed by atoms with E-state index in [0.717, 1.165) is 69.5 Å². The van der Waals surface area contributed by atoms with E-state index in [4.69, 9.17) is 0 Å². The first-order valence-corrected chi connectivity index (χ1v) is 14.0. The number of piperidine rings is 1. The Labute approximate surface area is 210 Å². The van der Waals surface area contributed by atoms with Gasteiger partial charge in [0.1, 0.15) is 11.9 Å². The number of rotatable bonds is 4. The van der Waals surface area contributed by atoms with Gasteiger partial charge in [0, 0.05) is 43.9 Å². The molecule has 35 heavy (non-hydrogen) atoms. The van der Waals surface area contributed by atoms with Gasteiger partial charge >= 0.3 is 0 Å². The van der Waals surface area contributed by atoms with Crippen molar-refractivity contribution < 1.29 is 9.18 Å². The van der Waals surface area contributed by atoms with Gasteiger partial charge in [-0.05, 0) is 63.6 Å². The Kier molecular flexibility index (Phi) is 7.66. The van der Waals surface area contributed by atoms with Gasteiger partial charge < -0.3 is 15.5 Å². The summed E-state index contributed by atoms with van der Waals surface area (Å²) < 4.78 is 14.5. The highest BCUT2D eigenvalue weighted by molar-refractivity contribution is 5.88. The molecular weight excluding hydrogens is 441 g/mol. The second-order valence-electron chi connectivity index (χ2n) is 11.5. The molecule has 6 nitrogen and oxygen atoms in total. The lowest BCUT2D eigenvalue weighted by molar-refractivity contribution is -0.127. The lowest BCUT2D eigenvalue weighted by atomic mass is 9.76. The number of halogens is 1. The number of hydrogen-bond acceptors (Lipinski definition) is 5. The van der Waals surface area contributed by atoms with Crippen LogP contribution in [0.4, 0.5) is 10.1 Å². The fourth-order valence-electron chi connectivity index (χ4n) is 6.93. The molecule has 3 atom stereocenters. The molecule has 5 rings (SSSR count). The molecule has 3 aliphatic heterocycles. The molecule has 4 aliphatic rings. The molecule has 3 N–H and O–H groups in total. The van der Waals surface area contributed by atoms with Crippen LogP contribution >= 0.6 is 0 Å². The third-order valence-electron chi connectivity index (χ3n) is 9.11. The van der Waals surface area contributed by atoms with Crippen LogP contribution in [0.3, 0.4) is 0 Å². The van der Waals surface area contributed by atoms with Crippen molar-refractivity contribution in [2.45, 2.75) is 95.4 Å². The minimum absolute atomic E-state index is 0.00795. The van der Waals surface area contributed by atoms with Gasteiger partial charge in [-0.15, -0.1) is 0 Å². The Bertz CT molecular complexity index is 863. The Morgan fingerprint density at radius 1 is 1.03 bits per heavy atom. The van der Waals surface area contributed by atoms with E-state index in [-0.39, 0.29) is 17.4 Å². The quantitative estimate of drug-likeness (QED) is 0.602. The number of likely N-dealkylation sites (N-methyl/N-ethyl adjacent to an activating group) is 1. The number of benzene rings is 1. The fraction of sp³-hybridized carbons (Fsp3) is 0.750. The molecule has 7 heteroatoms. The lowest BCUT2D eigenvalue weighted by Gasteiger charge is -2.52. The van der Waals surface area contributed by atoms with Crippen LogP contribution in [0.2, 0.25) is 0 Å². The number of amides is 1. The van der Waals surface area contributed by atoms with Crippen molar-refractivity contribution in [2.24, 2.45) is 5.92 Å². The summed E-state index contributed by atoms with van der Waals surface area (Å²) in [7, 11) is 2.20. The average Bonchev–Trinajstić information content (AvgIpc) is 3.29. The van der Waals surface area contributed by atoms with E-state index in [9.17, 15) is 9.18 Å². The zero-order valence-electron chi connectivity index (χ0n) is 21.7. The number of fused-ring (bicyclic) bond motifs is 1. The maximum absolute atomic E-state index is 14.5. The van der Waals surface area contributed by atoms with Gasteiger partial charge in [-0.1, -0.05) is 38.2 Å². The minimum Gasteiger partial charge on any atom is -0.373 e. The predicted molar refractivity (Wildman–Crippen MR) is 139 cm³/mol. The molecule has 1 amide bonds. The monoisotopic (exact) mass is 485 g/mol. The van der Waals surface area contributed by atoms with Crippen LogP contribution in [0.1, 0.15) is 75.3 Å². The Balaban J connectivity index is 1.36. The normalized spacial score (nSPS) is 31.3. The molecule has 0 aromatic heterocycles. The minimum atomic E-state index is -0.420. The van der Waals surface area contributed by atoms with Crippen molar-refractivity contribution in [3.05, 3.63) is 29.1 Å². The van der Waals surface area contributed by atoms with E-state index < -0.39 is 6.04 Å². The van der Waals surface area contributed by atoms with Crippen LogP contribution in [0.25, 0.3) is 0 Å². The van der Waals surface area contributed by atoms with Crippen LogP contribution in [-0.4, -0.2) is 66.8 Å². The summed E-state index contributed by atoms with van der Waals surface area (Å²) in [6.07, 6.45) is 12.7. The first-order chi connectivity index (χ1) is 16.9. The first-order valence-electron chi connectivity index (χ1n) is 14.0. The maximum Gasteiger partial charge on any atom is 0.244 e. The molecular formula is C28H44FN5O. The van der Waals surface area contributed by atoms with Gasteiger partial charge in [0.05, 0.1) is 11.8 Å². The Morgan fingerprint density at radius 3 is 2.46 bits per heavy atom. The lowest BCUT2D eigenvalue weighted by Crippen LogP contribution is -2.72. The average molecular weight is 486 g/mol. The van der Waals surface area contributed by atoms with Crippen LogP contribution in [0.15, 0.2) is 12.1 Å².